The van der Waals surface area contributed by atoms with Crippen LogP contribution in [0.5, 0.6) is 0 Å². The largest absolute Gasteiger partial charge is 0.480 e. The summed E-state index contributed by atoms with van der Waals surface area (Å²) < 4.78 is 0. The van der Waals surface area contributed by atoms with Crippen LogP contribution in [0.4, 0.5) is 0 Å². The number of likely N-dealkylation sites (N-methyl/N-ethyl adjacent to an activating group) is 1. The van der Waals surface area contributed by atoms with Crippen molar-refractivity contribution in [2.45, 2.75) is 57.0 Å². The average molecular weight is 242 g/mol. The predicted octanol–water partition coefficient (Wildman–Crippen LogP) is 1.70. The highest BCUT2D eigenvalue weighted by molar-refractivity contribution is 5.78. The van der Waals surface area contributed by atoms with Gasteiger partial charge in [-0.3, -0.25) is 4.79 Å². The van der Waals surface area contributed by atoms with Crippen LogP contribution in [0, 0.1) is 0 Å². The van der Waals surface area contributed by atoms with Gasteiger partial charge in [0.05, 0.1) is 0 Å². The van der Waals surface area contributed by atoms with Crippen molar-refractivity contribution in [3.63, 3.8) is 0 Å². The molecule has 0 aromatic heterocycles. The summed E-state index contributed by atoms with van der Waals surface area (Å²) in [7, 11) is 3.84. The lowest BCUT2D eigenvalue weighted by Crippen LogP contribution is -2.50. The minimum Gasteiger partial charge on any atom is -0.480 e. The van der Waals surface area contributed by atoms with Crippen LogP contribution in [0.15, 0.2) is 0 Å². The van der Waals surface area contributed by atoms with Crippen molar-refractivity contribution in [1.82, 2.24) is 10.2 Å². The van der Waals surface area contributed by atoms with Gasteiger partial charge in [0.1, 0.15) is 5.54 Å². The van der Waals surface area contributed by atoms with E-state index in [0.29, 0.717) is 12.5 Å². The Morgan fingerprint density at radius 1 is 1.41 bits per heavy atom. The minimum absolute atomic E-state index is 0.645. The first-order valence-corrected chi connectivity index (χ1v) is 6.62. The number of aliphatic carboxylic acids is 1. The molecule has 0 amide bonds. The number of hydrogen-bond donors (Lipinski definition) is 2. The lowest BCUT2D eigenvalue weighted by Gasteiger charge is -2.33. The van der Waals surface area contributed by atoms with Crippen molar-refractivity contribution in [3.05, 3.63) is 0 Å². The lowest BCUT2D eigenvalue weighted by atomic mass is 9.93. The molecule has 0 aromatic carbocycles. The van der Waals surface area contributed by atoms with Crippen LogP contribution < -0.4 is 5.32 Å². The third-order valence-electron chi connectivity index (χ3n) is 4.19. The molecule has 4 nitrogen and oxygen atoms in total. The average Bonchev–Trinajstić information content (AvgIpc) is 2.36. The molecular weight excluding hydrogens is 216 g/mol. The van der Waals surface area contributed by atoms with E-state index < -0.39 is 11.5 Å². The minimum atomic E-state index is -0.803. The Hall–Kier alpha value is -0.610. The fourth-order valence-electron chi connectivity index (χ4n) is 2.44. The number of nitrogens with zero attached hydrogens (tertiary/aromatic N) is 1. The van der Waals surface area contributed by atoms with Gasteiger partial charge in [0, 0.05) is 12.6 Å². The summed E-state index contributed by atoms with van der Waals surface area (Å²) in [5.74, 6) is -0.767. The highest BCUT2D eigenvalue weighted by Gasteiger charge is 2.31. The van der Waals surface area contributed by atoms with Crippen LogP contribution in [-0.4, -0.2) is 48.2 Å². The quantitative estimate of drug-likeness (QED) is 0.744. The number of nitrogens with one attached hydrogen (secondary N) is 1. The van der Waals surface area contributed by atoms with Gasteiger partial charge in [-0.25, -0.2) is 0 Å². The molecule has 2 N–H and O–H groups in total. The molecule has 100 valence electrons. The second kappa shape index (κ2) is 6.36. The Labute approximate surface area is 104 Å². The van der Waals surface area contributed by atoms with E-state index in [1.165, 1.54) is 32.1 Å². The summed E-state index contributed by atoms with van der Waals surface area (Å²) in [5.41, 5.74) is -0.803. The fraction of sp³-hybridized carbons (Fsp3) is 0.923. The number of hydrogen-bond acceptors (Lipinski definition) is 3. The van der Waals surface area contributed by atoms with Gasteiger partial charge in [-0.1, -0.05) is 19.3 Å². The van der Waals surface area contributed by atoms with Crippen molar-refractivity contribution < 1.29 is 9.90 Å². The molecule has 0 saturated heterocycles. The van der Waals surface area contributed by atoms with E-state index >= 15 is 0 Å². The van der Waals surface area contributed by atoms with Crippen LogP contribution in [0.1, 0.15) is 45.4 Å². The monoisotopic (exact) mass is 242 g/mol. The summed E-state index contributed by atoms with van der Waals surface area (Å²) in [4.78, 5) is 13.5. The fourth-order valence-corrected chi connectivity index (χ4v) is 2.44. The van der Waals surface area contributed by atoms with E-state index in [-0.39, 0.29) is 0 Å². The number of carboxylic acid groups (broad SMARTS) is 1. The van der Waals surface area contributed by atoms with E-state index in [1.807, 2.05) is 0 Å². The third-order valence-corrected chi connectivity index (χ3v) is 4.19. The summed E-state index contributed by atoms with van der Waals surface area (Å²) in [6.07, 6.45) is 7.16. The zero-order chi connectivity index (χ0) is 12.9. The Balaban J connectivity index is 2.40. The van der Waals surface area contributed by atoms with Crippen LogP contribution in [0.25, 0.3) is 0 Å². The molecule has 1 aliphatic rings. The molecule has 0 bridgehead atoms. The molecule has 0 spiro atoms. The van der Waals surface area contributed by atoms with Gasteiger partial charge in [-0.15, -0.1) is 0 Å². The van der Waals surface area contributed by atoms with E-state index in [4.69, 9.17) is 0 Å². The molecule has 17 heavy (non-hydrogen) atoms. The van der Waals surface area contributed by atoms with Crippen molar-refractivity contribution in [2.24, 2.45) is 0 Å². The highest BCUT2D eigenvalue weighted by Crippen LogP contribution is 2.22. The first-order valence-electron chi connectivity index (χ1n) is 6.62. The molecule has 1 rings (SSSR count). The smallest absolute Gasteiger partial charge is 0.323 e. The van der Waals surface area contributed by atoms with E-state index in [2.05, 4.69) is 17.3 Å². The summed E-state index contributed by atoms with van der Waals surface area (Å²) in [6.45, 7) is 2.60. The molecule has 1 aliphatic carbocycles. The predicted molar refractivity (Wildman–Crippen MR) is 69.2 cm³/mol. The Kier molecular flexibility index (Phi) is 5.40. The molecule has 0 radical (unpaired) electrons. The molecule has 1 atom stereocenters. The number of carboxylic acids is 1. The zero-order valence-electron chi connectivity index (χ0n) is 11.3. The molecule has 0 heterocycles. The second-order valence-corrected chi connectivity index (χ2v) is 5.41. The van der Waals surface area contributed by atoms with Crippen LogP contribution in [0.3, 0.4) is 0 Å². The van der Waals surface area contributed by atoms with E-state index in [1.54, 1.807) is 14.0 Å². The van der Waals surface area contributed by atoms with E-state index in [0.717, 1.165) is 6.54 Å². The second-order valence-electron chi connectivity index (χ2n) is 5.41. The van der Waals surface area contributed by atoms with Crippen molar-refractivity contribution >= 4 is 5.97 Å². The topological polar surface area (TPSA) is 52.6 Å². The standard InChI is InChI=1S/C13H26N2O2/c1-13(14-2,12(16)17)9-10-15(3)11-7-5-4-6-8-11/h11,14H,4-10H2,1-3H3,(H,16,17). The molecule has 0 aliphatic heterocycles. The van der Waals surface area contributed by atoms with Crippen LogP contribution in [0.2, 0.25) is 0 Å². The first kappa shape index (κ1) is 14.5. The molecular formula is C13H26N2O2. The lowest BCUT2D eigenvalue weighted by molar-refractivity contribution is -0.144. The molecule has 1 saturated carbocycles. The third kappa shape index (κ3) is 3.96. The van der Waals surface area contributed by atoms with Gasteiger partial charge < -0.3 is 15.3 Å². The SMILES string of the molecule is CNC(C)(CCN(C)C1CCCCC1)C(=O)O. The molecule has 4 heteroatoms. The van der Waals surface area contributed by atoms with Gasteiger partial charge in [0.15, 0.2) is 0 Å². The number of carbonyl (C=O) groups is 1. The van der Waals surface area contributed by atoms with Gasteiger partial charge in [0.25, 0.3) is 0 Å². The van der Waals surface area contributed by atoms with Gasteiger partial charge in [-0.05, 0) is 40.3 Å². The van der Waals surface area contributed by atoms with Gasteiger partial charge >= 0.3 is 5.97 Å². The van der Waals surface area contributed by atoms with Crippen molar-refractivity contribution in [3.8, 4) is 0 Å². The Bertz CT molecular complexity index is 252. The molecule has 0 aromatic rings. The Morgan fingerprint density at radius 3 is 2.47 bits per heavy atom. The summed E-state index contributed by atoms with van der Waals surface area (Å²) in [5, 5.41) is 12.1. The van der Waals surface area contributed by atoms with Crippen molar-refractivity contribution in [1.29, 1.82) is 0 Å². The molecule has 1 fully saturated rings. The number of rotatable bonds is 6. The van der Waals surface area contributed by atoms with E-state index in [9.17, 15) is 9.90 Å². The van der Waals surface area contributed by atoms with Crippen LogP contribution in [-0.2, 0) is 4.79 Å². The zero-order valence-corrected chi connectivity index (χ0v) is 11.3. The van der Waals surface area contributed by atoms with Crippen LogP contribution >= 0.6 is 0 Å². The maximum absolute atomic E-state index is 11.2. The maximum Gasteiger partial charge on any atom is 0.323 e. The summed E-state index contributed by atoms with van der Waals surface area (Å²) >= 11 is 0. The van der Waals surface area contributed by atoms with Gasteiger partial charge in [0.2, 0.25) is 0 Å². The normalized spacial score (nSPS) is 21.4. The van der Waals surface area contributed by atoms with Crippen molar-refractivity contribution in [2.75, 3.05) is 20.6 Å². The maximum atomic E-state index is 11.2. The van der Waals surface area contributed by atoms with Gasteiger partial charge in [-0.2, -0.15) is 0 Å². The summed E-state index contributed by atoms with van der Waals surface area (Å²) in [6, 6.07) is 0.652. The first-order chi connectivity index (χ1) is 7.99. The Morgan fingerprint density at radius 2 is 2.00 bits per heavy atom. The highest BCUT2D eigenvalue weighted by atomic mass is 16.4. The molecule has 1 unspecified atom stereocenters.